The number of para-hydroxylation sites is 1. The van der Waals surface area contributed by atoms with Crippen molar-refractivity contribution in [2.75, 3.05) is 43.1 Å². The third-order valence-corrected chi connectivity index (χ3v) is 4.98. The zero-order valence-corrected chi connectivity index (χ0v) is 16.8. The van der Waals surface area contributed by atoms with Gasteiger partial charge in [-0.25, -0.2) is 0 Å². The second-order valence-corrected chi connectivity index (χ2v) is 7.03. The second kappa shape index (κ2) is 8.75. The van der Waals surface area contributed by atoms with Gasteiger partial charge in [-0.15, -0.1) is 0 Å². The number of hydrogen-bond acceptors (Lipinski definition) is 4. The normalized spacial score (nSPS) is 14.2. The van der Waals surface area contributed by atoms with E-state index < -0.39 is 0 Å². The van der Waals surface area contributed by atoms with Gasteiger partial charge >= 0.3 is 0 Å². The Bertz CT molecular complexity index is 794. The smallest absolute Gasteiger partial charge is 0.255 e. The molecule has 138 valence electrons. The largest absolute Gasteiger partial charge is 0.493 e. The SMILES string of the molecule is CCOc1ccc(C(=O)Nc2cccc(Cl)c2N2CCOCC2)cc1Br. The number of ether oxygens (including phenoxy) is 2. The molecule has 0 saturated carbocycles. The lowest BCUT2D eigenvalue weighted by molar-refractivity contribution is 0.102. The molecule has 1 N–H and O–H groups in total. The summed E-state index contributed by atoms with van der Waals surface area (Å²) in [5.74, 6) is 0.506. The zero-order chi connectivity index (χ0) is 18.5. The van der Waals surface area contributed by atoms with Crippen LogP contribution in [0.2, 0.25) is 5.02 Å². The number of hydrogen-bond donors (Lipinski definition) is 1. The molecule has 3 rings (SSSR count). The lowest BCUT2D eigenvalue weighted by Gasteiger charge is -2.31. The first-order valence-electron chi connectivity index (χ1n) is 8.45. The number of halogens is 2. The molecule has 0 bridgehead atoms. The lowest BCUT2D eigenvalue weighted by atomic mass is 10.1. The molecule has 1 saturated heterocycles. The molecule has 7 heteroatoms. The van der Waals surface area contributed by atoms with Gasteiger partial charge in [-0.05, 0) is 53.2 Å². The Labute approximate surface area is 166 Å². The molecule has 0 spiro atoms. The highest BCUT2D eigenvalue weighted by Crippen LogP contribution is 2.35. The van der Waals surface area contributed by atoms with Gasteiger partial charge in [0.1, 0.15) is 5.75 Å². The molecule has 1 amide bonds. The first-order chi connectivity index (χ1) is 12.6. The van der Waals surface area contributed by atoms with Gasteiger partial charge in [-0.3, -0.25) is 4.79 Å². The highest BCUT2D eigenvalue weighted by molar-refractivity contribution is 9.10. The van der Waals surface area contributed by atoms with E-state index >= 15 is 0 Å². The topological polar surface area (TPSA) is 50.8 Å². The van der Waals surface area contributed by atoms with Crippen LogP contribution in [0.25, 0.3) is 0 Å². The number of rotatable bonds is 5. The Hall–Kier alpha value is -1.76. The van der Waals surface area contributed by atoms with Crippen LogP contribution in [0.1, 0.15) is 17.3 Å². The van der Waals surface area contributed by atoms with Crippen LogP contribution >= 0.6 is 27.5 Å². The first kappa shape index (κ1) is 19.0. The summed E-state index contributed by atoms with van der Waals surface area (Å²) in [5.41, 5.74) is 2.05. The van der Waals surface area contributed by atoms with Crippen molar-refractivity contribution in [1.29, 1.82) is 0 Å². The third kappa shape index (κ3) is 4.31. The molecule has 1 fully saturated rings. The van der Waals surface area contributed by atoms with Crippen molar-refractivity contribution in [1.82, 2.24) is 0 Å². The standard InChI is InChI=1S/C19H20BrClN2O3/c1-2-26-17-7-6-13(12-14(17)20)19(24)22-16-5-3-4-15(21)18(16)23-8-10-25-11-9-23/h3-7,12H,2,8-11H2,1H3,(H,22,24). The summed E-state index contributed by atoms with van der Waals surface area (Å²) >= 11 is 9.86. The van der Waals surface area contributed by atoms with Crippen LogP contribution in [-0.4, -0.2) is 38.8 Å². The van der Waals surface area contributed by atoms with Crippen molar-refractivity contribution in [3.05, 3.63) is 51.5 Å². The van der Waals surface area contributed by atoms with Gasteiger partial charge in [-0.1, -0.05) is 17.7 Å². The molecular formula is C19H20BrClN2O3. The zero-order valence-electron chi connectivity index (χ0n) is 14.4. The molecule has 1 heterocycles. The van der Waals surface area contributed by atoms with E-state index in [-0.39, 0.29) is 5.91 Å². The van der Waals surface area contributed by atoms with E-state index in [1.165, 1.54) is 0 Å². The maximum Gasteiger partial charge on any atom is 0.255 e. The molecule has 2 aromatic rings. The summed E-state index contributed by atoms with van der Waals surface area (Å²) in [6, 6.07) is 10.8. The predicted molar refractivity (Wildman–Crippen MR) is 108 cm³/mol. The van der Waals surface area contributed by atoms with Crippen molar-refractivity contribution < 1.29 is 14.3 Å². The fourth-order valence-corrected chi connectivity index (χ4v) is 3.62. The molecule has 5 nitrogen and oxygen atoms in total. The van der Waals surface area contributed by atoms with Gasteiger partial charge in [-0.2, -0.15) is 0 Å². The van der Waals surface area contributed by atoms with E-state index in [9.17, 15) is 4.79 Å². The third-order valence-electron chi connectivity index (χ3n) is 4.06. The maximum atomic E-state index is 12.7. The van der Waals surface area contributed by atoms with Gasteiger partial charge in [0.2, 0.25) is 0 Å². The van der Waals surface area contributed by atoms with Gasteiger partial charge in [0.15, 0.2) is 0 Å². The van der Waals surface area contributed by atoms with Crippen LogP contribution in [-0.2, 0) is 4.74 Å². The summed E-state index contributed by atoms with van der Waals surface area (Å²) < 4.78 is 11.6. The Kier molecular flexibility index (Phi) is 6.40. The van der Waals surface area contributed by atoms with Crippen LogP contribution < -0.4 is 15.0 Å². The summed E-state index contributed by atoms with van der Waals surface area (Å²) in [5, 5.41) is 3.58. The highest BCUT2D eigenvalue weighted by atomic mass is 79.9. The Morgan fingerprint density at radius 1 is 1.31 bits per heavy atom. The van der Waals surface area contributed by atoms with E-state index in [0.717, 1.165) is 23.2 Å². The number of morpholine rings is 1. The maximum absolute atomic E-state index is 12.7. The first-order valence-corrected chi connectivity index (χ1v) is 9.62. The van der Waals surface area contributed by atoms with E-state index in [0.29, 0.717) is 41.8 Å². The summed E-state index contributed by atoms with van der Waals surface area (Å²) in [7, 11) is 0. The van der Waals surface area contributed by atoms with Crippen molar-refractivity contribution in [2.45, 2.75) is 6.92 Å². The Morgan fingerprint density at radius 2 is 2.08 bits per heavy atom. The van der Waals surface area contributed by atoms with Crippen molar-refractivity contribution >= 4 is 44.8 Å². The van der Waals surface area contributed by atoms with Crippen LogP contribution in [0, 0.1) is 0 Å². The molecule has 26 heavy (non-hydrogen) atoms. The Morgan fingerprint density at radius 3 is 2.77 bits per heavy atom. The average molecular weight is 440 g/mol. The Balaban J connectivity index is 1.83. The van der Waals surface area contributed by atoms with Crippen LogP contribution in [0.15, 0.2) is 40.9 Å². The van der Waals surface area contributed by atoms with Crippen LogP contribution in [0.3, 0.4) is 0 Å². The fraction of sp³-hybridized carbons (Fsp3) is 0.316. The molecule has 2 aromatic carbocycles. The number of carbonyl (C=O) groups is 1. The van der Waals surface area contributed by atoms with E-state index in [4.69, 9.17) is 21.1 Å². The number of nitrogens with one attached hydrogen (secondary N) is 1. The fourth-order valence-electron chi connectivity index (χ4n) is 2.83. The predicted octanol–water partition coefficient (Wildman–Crippen LogP) is 4.59. The minimum atomic E-state index is -0.203. The van der Waals surface area contributed by atoms with Gasteiger partial charge in [0, 0.05) is 18.7 Å². The number of anilines is 2. The van der Waals surface area contributed by atoms with Gasteiger partial charge in [0.25, 0.3) is 5.91 Å². The molecular weight excluding hydrogens is 420 g/mol. The van der Waals surface area contributed by atoms with Crippen LogP contribution in [0.5, 0.6) is 5.75 Å². The van der Waals surface area contributed by atoms with Crippen molar-refractivity contribution in [3.8, 4) is 5.75 Å². The number of carbonyl (C=O) groups excluding carboxylic acids is 1. The summed E-state index contributed by atoms with van der Waals surface area (Å²) in [6.45, 7) is 5.24. The summed E-state index contributed by atoms with van der Waals surface area (Å²) in [6.07, 6.45) is 0. The van der Waals surface area contributed by atoms with E-state index in [2.05, 4.69) is 26.1 Å². The highest BCUT2D eigenvalue weighted by Gasteiger charge is 2.19. The van der Waals surface area contributed by atoms with Crippen LogP contribution in [0.4, 0.5) is 11.4 Å². The van der Waals surface area contributed by atoms with Crippen molar-refractivity contribution in [2.24, 2.45) is 0 Å². The molecule has 0 aliphatic carbocycles. The second-order valence-electron chi connectivity index (χ2n) is 5.77. The molecule has 0 atom stereocenters. The van der Waals surface area contributed by atoms with E-state index in [1.54, 1.807) is 18.2 Å². The minimum Gasteiger partial charge on any atom is -0.493 e. The summed E-state index contributed by atoms with van der Waals surface area (Å²) in [4.78, 5) is 14.9. The quantitative estimate of drug-likeness (QED) is 0.740. The molecule has 1 aliphatic rings. The number of nitrogens with zero attached hydrogens (tertiary/aromatic N) is 1. The van der Waals surface area contributed by atoms with Crippen molar-refractivity contribution in [3.63, 3.8) is 0 Å². The van der Waals surface area contributed by atoms with E-state index in [1.807, 2.05) is 25.1 Å². The number of benzene rings is 2. The number of amides is 1. The molecule has 0 aromatic heterocycles. The average Bonchev–Trinajstić information content (AvgIpc) is 2.64. The lowest BCUT2D eigenvalue weighted by Crippen LogP contribution is -2.37. The van der Waals surface area contributed by atoms with Gasteiger partial charge < -0.3 is 19.7 Å². The monoisotopic (exact) mass is 438 g/mol. The minimum absolute atomic E-state index is 0.203. The van der Waals surface area contributed by atoms with Gasteiger partial charge in [0.05, 0.1) is 40.7 Å². The molecule has 1 aliphatic heterocycles. The molecule has 0 unspecified atom stereocenters. The molecule has 0 radical (unpaired) electrons.